The molecule has 3 nitrogen and oxygen atoms in total. The van der Waals surface area contributed by atoms with E-state index in [4.69, 9.17) is 0 Å². The van der Waals surface area contributed by atoms with Crippen molar-refractivity contribution in [2.75, 3.05) is 10.8 Å². The molecule has 0 unspecified atom stereocenters. The number of benzene rings is 3. The SMILES string of the molecule is C=CCCN(c1ccc(Br)cc1C=Cc1ccccc1)S(=O)(=O)c1ccc(C)cc1. The summed E-state index contributed by atoms with van der Waals surface area (Å²) in [7, 11) is -3.73. The summed E-state index contributed by atoms with van der Waals surface area (Å²) in [6.07, 6.45) is 6.20. The summed E-state index contributed by atoms with van der Waals surface area (Å²) < 4.78 is 29.4. The van der Waals surface area contributed by atoms with Gasteiger partial charge in [0.15, 0.2) is 0 Å². The molecule has 0 spiro atoms. The second kappa shape index (κ2) is 9.92. The molecule has 0 heterocycles. The Bertz CT molecular complexity index is 1140. The van der Waals surface area contributed by atoms with Crippen LogP contribution in [-0.2, 0) is 10.0 Å². The highest BCUT2D eigenvalue weighted by atomic mass is 79.9. The lowest BCUT2D eigenvalue weighted by Gasteiger charge is -2.26. The fourth-order valence-corrected chi connectivity index (χ4v) is 4.94. The maximum absolute atomic E-state index is 13.5. The zero-order chi connectivity index (χ0) is 21.6. The molecule has 154 valence electrons. The van der Waals surface area contributed by atoms with Crippen LogP contribution in [-0.4, -0.2) is 15.0 Å². The number of halogens is 1. The number of sulfonamides is 1. The van der Waals surface area contributed by atoms with Crippen LogP contribution >= 0.6 is 15.9 Å². The predicted molar refractivity (Wildman–Crippen MR) is 130 cm³/mol. The zero-order valence-corrected chi connectivity index (χ0v) is 19.2. The molecule has 0 aliphatic carbocycles. The first-order valence-corrected chi connectivity index (χ1v) is 11.9. The maximum Gasteiger partial charge on any atom is 0.264 e. The molecular formula is C25H24BrNO2S. The smallest absolute Gasteiger partial charge is 0.264 e. The number of anilines is 1. The van der Waals surface area contributed by atoms with Crippen LogP contribution in [0.3, 0.4) is 0 Å². The van der Waals surface area contributed by atoms with Crippen molar-refractivity contribution in [3.05, 3.63) is 107 Å². The molecule has 0 aromatic heterocycles. The van der Waals surface area contributed by atoms with E-state index in [1.807, 2.05) is 79.7 Å². The number of aryl methyl sites for hydroxylation is 1. The molecule has 3 aromatic rings. The molecule has 0 fully saturated rings. The maximum atomic E-state index is 13.5. The molecule has 0 bridgehead atoms. The number of rotatable bonds is 8. The Morgan fingerprint density at radius 3 is 2.33 bits per heavy atom. The lowest BCUT2D eigenvalue weighted by atomic mass is 10.1. The summed E-state index contributed by atoms with van der Waals surface area (Å²) in [6.45, 7) is 6.01. The molecule has 3 rings (SSSR count). The van der Waals surface area contributed by atoms with Gasteiger partial charge < -0.3 is 0 Å². The van der Waals surface area contributed by atoms with Crippen LogP contribution in [0.4, 0.5) is 5.69 Å². The molecule has 0 saturated heterocycles. The second-order valence-electron chi connectivity index (χ2n) is 6.91. The van der Waals surface area contributed by atoms with E-state index in [9.17, 15) is 8.42 Å². The summed E-state index contributed by atoms with van der Waals surface area (Å²) in [6, 6.07) is 22.5. The number of hydrogen-bond acceptors (Lipinski definition) is 2. The van der Waals surface area contributed by atoms with Crippen LogP contribution in [0.5, 0.6) is 0 Å². The molecule has 5 heteroatoms. The van der Waals surface area contributed by atoms with Gasteiger partial charge >= 0.3 is 0 Å². The van der Waals surface area contributed by atoms with E-state index >= 15 is 0 Å². The van der Waals surface area contributed by atoms with Gasteiger partial charge in [0.05, 0.1) is 10.6 Å². The molecule has 0 aliphatic rings. The molecule has 0 N–H and O–H groups in total. The highest BCUT2D eigenvalue weighted by Gasteiger charge is 2.26. The highest BCUT2D eigenvalue weighted by molar-refractivity contribution is 9.10. The molecule has 0 amide bonds. The summed E-state index contributed by atoms with van der Waals surface area (Å²) in [5, 5.41) is 0. The van der Waals surface area contributed by atoms with Crippen molar-refractivity contribution in [1.82, 2.24) is 0 Å². The lowest BCUT2D eigenvalue weighted by Crippen LogP contribution is -2.32. The molecule has 0 atom stereocenters. The molecule has 0 saturated carbocycles. The Labute approximate surface area is 187 Å². The lowest BCUT2D eigenvalue weighted by molar-refractivity contribution is 0.591. The zero-order valence-electron chi connectivity index (χ0n) is 16.8. The van der Waals surface area contributed by atoms with Crippen LogP contribution < -0.4 is 4.31 Å². The minimum Gasteiger partial charge on any atom is -0.265 e. The van der Waals surface area contributed by atoms with Crippen LogP contribution in [0, 0.1) is 6.92 Å². The fraction of sp³-hybridized carbons (Fsp3) is 0.120. The highest BCUT2D eigenvalue weighted by Crippen LogP contribution is 2.31. The number of hydrogen-bond donors (Lipinski definition) is 0. The second-order valence-corrected chi connectivity index (χ2v) is 9.69. The first kappa shape index (κ1) is 22.1. The van der Waals surface area contributed by atoms with Crippen molar-refractivity contribution in [3.8, 4) is 0 Å². The van der Waals surface area contributed by atoms with E-state index in [2.05, 4.69) is 22.5 Å². The topological polar surface area (TPSA) is 37.4 Å². The first-order valence-electron chi connectivity index (χ1n) is 9.65. The van der Waals surface area contributed by atoms with Gasteiger partial charge in [-0.1, -0.05) is 82.2 Å². The minimum atomic E-state index is -3.73. The summed E-state index contributed by atoms with van der Waals surface area (Å²) >= 11 is 3.51. The predicted octanol–water partition coefficient (Wildman–Crippen LogP) is 6.70. The third-order valence-corrected chi connectivity index (χ3v) is 6.98. The Morgan fingerprint density at radius 1 is 0.967 bits per heavy atom. The third kappa shape index (κ3) is 5.29. The Balaban J connectivity index is 2.09. The van der Waals surface area contributed by atoms with E-state index in [1.54, 1.807) is 18.2 Å². The average Bonchev–Trinajstić information content (AvgIpc) is 2.74. The quantitative estimate of drug-likeness (QED) is 0.265. The molecule has 3 aromatic carbocycles. The monoisotopic (exact) mass is 481 g/mol. The fourth-order valence-electron chi connectivity index (χ4n) is 3.05. The van der Waals surface area contributed by atoms with Gasteiger partial charge in [0.1, 0.15) is 0 Å². The van der Waals surface area contributed by atoms with Gasteiger partial charge in [0.2, 0.25) is 0 Å². The van der Waals surface area contributed by atoms with Gasteiger partial charge in [-0.25, -0.2) is 8.42 Å². The summed E-state index contributed by atoms with van der Waals surface area (Å²) in [5.74, 6) is 0. The van der Waals surface area contributed by atoms with Crippen LogP contribution in [0.25, 0.3) is 12.2 Å². The molecule has 0 radical (unpaired) electrons. The van der Waals surface area contributed by atoms with Crippen molar-refractivity contribution >= 4 is 43.8 Å². The normalized spacial score (nSPS) is 11.5. The van der Waals surface area contributed by atoms with Gasteiger partial charge in [0, 0.05) is 11.0 Å². The first-order chi connectivity index (χ1) is 14.4. The Hall–Kier alpha value is -2.63. The van der Waals surface area contributed by atoms with Gasteiger partial charge in [-0.05, 0) is 54.8 Å². The van der Waals surface area contributed by atoms with Crippen molar-refractivity contribution < 1.29 is 8.42 Å². The van der Waals surface area contributed by atoms with Gasteiger partial charge in [0.25, 0.3) is 10.0 Å². The van der Waals surface area contributed by atoms with Crippen LogP contribution in [0.1, 0.15) is 23.1 Å². The third-order valence-electron chi connectivity index (χ3n) is 4.66. The standard InChI is InChI=1S/C25H24BrNO2S/c1-3-4-18-27(30(28,29)24-15-10-20(2)11-16-24)25-17-14-23(26)19-22(25)13-12-21-8-6-5-7-9-21/h3,5-17,19H,1,4,18H2,2H3. The van der Waals surface area contributed by atoms with Gasteiger partial charge in [-0.3, -0.25) is 4.31 Å². The van der Waals surface area contributed by atoms with Crippen molar-refractivity contribution in [3.63, 3.8) is 0 Å². The average molecular weight is 482 g/mol. The van der Waals surface area contributed by atoms with Crippen molar-refractivity contribution in [1.29, 1.82) is 0 Å². The van der Waals surface area contributed by atoms with Gasteiger partial charge in [-0.15, -0.1) is 6.58 Å². The molecular weight excluding hydrogens is 458 g/mol. The van der Waals surface area contributed by atoms with Crippen molar-refractivity contribution in [2.24, 2.45) is 0 Å². The van der Waals surface area contributed by atoms with E-state index in [-0.39, 0.29) is 4.90 Å². The largest absolute Gasteiger partial charge is 0.265 e. The Kier molecular flexibility index (Phi) is 7.29. The van der Waals surface area contributed by atoms with E-state index in [0.29, 0.717) is 18.7 Å². The van der Waals surface area contributed by atoms with Crippen molar-refractivity contribution in [2.45, 2.75) is 18.2 Å². The minimum absolute atomic E-state index is 0.276. The van der Waals surface area contributed by atoms with E-state index in [0.717, 1.165) is 21.2 Å². The van der Waals surface area contributed by atoms with E-state index in [1.165, 1.54) is 4.31 Å². The Morgan fingerprint density at radius 2 is 1.67 bits per heavy atom. The van der Waals surface area contributed by atoms with Gasteiger partial charge in [-0.2, -0.15) is 0 Å². The summed E-state index contributed by atoms with van der Waals surface area (Å²) in [5.41, 5.74) is 3.50. The van der Waals surface area contributed by atoms with Crippen LogP contribution in [0.15, 0.2) is 94.8 Å². The van der Waals surface area contributed by atoms with E-state index < -0.39 is 10.0 Å². The van der Waals surface area contributed by atoms with Crippen LogP contribution in [0.2, 0.25) is 0 Å². The summed E-state index contributed by atoms with van der Waals surface area (Å²) in [4.78, 5) is 0.276. The molecule has 0 aliphatic heterocycles. The number of nitrogens with zero attached hydrogens (tertiary/aromatic N) is 1. The molecule has 30 heavy (non-hydrogen) atoms.